The molecule has 6 heteroatoms. The normalized spacial score (nSPS) is 13.8. The highest BCUT2D eigenvalue weighted by Crippen LogP contribution is 2.29. The number of nitrogens with one attached hydrogen (secondary N) is 1. The third kappa shape index (κ3) is 5.78. The number of ether oxygens (including phenoxy) is 1. The van der Waals surface area contributed by atoms with Gasteiger partial charge in [0.25, 0.3) is 0 Å². The summed E-state index contributed by atoms with van der Waals surface area (Å²) in [6, 6.07) is 5.02. The molecule has 5 nitrogen and oxygen atoms in total. The van der Waals surface area contributed by atoms with Gasteiger partial charge in [-0.1, -0.05) is 23.3 Å². The fraction of sp³-hybridized carbons (Fsp3) is 0.474. The highest BCUT2D eigenvalue weighted by atomic mass is 35.5. The molecule has 1 aromatic carbocycles. The Morgan fingerprint density at radius 2 is 2.12 bits per heavy atom. The van der Waals surface area contributed by atoms with Crippen molar-refractivity contribution in [1.82, 2.24) is 5.32 Å². The topological polar surface area (TPSA) is 58.6 Å². The first-order valence-corrected chi connectivity index (χ1v) is 8.95. The van der Waals surface area contributed by atoms with E-state index in [0.717, 1.165) is 19.3 Å². The van der Waals surface area contributed by atoms with Crippen molar-refractivity contribution < 1.29 is 14.3 Å². The lowest BCUT2D eigenvalue weighted by Crippen LogP contribution is -2.40. The van der Waals surface area contributed by atoms with Crippen molar-refractivity contribution in [3.8, 4) is 5.75 Å². The molecule has 0 aliphatic heterocycles. The smallest absolute Gasteiger partial charge is 0.240 e. The van der Waals surface area contributed by atoms with Gasteiger partial charge in [0.15, 0.2) is 0 Å². The summed E-state index contributed by atoms with van der Waals surface area (Å²) in [4.78, 5) is 25.5. The lowest BCUT2D eigenvalue weighted by molar-refractivity contribution is -0.123. The molecule has 1 aliphatic carbocycles. The molecule has 0 saturated carbocycles. The summed E-state index contributed by atoms with van der Waals surface area (Å²) < 4.78 is 5.11. The van der Waals surface area contributed by atoms with Gasteiger partial charge in [0.05, 0.1) is 12.1 Å². The molecule has 0 spiro atoms. The van der Waals surface area contributed by atoms with E-state index in [4.69, 9.17) is 16.3 Å². The second kappa shape index (κ2) is 9.47. The van der Waals surface area contributed by atoms with E-state index in [2.05, 4.69) is 11.4 Å². The molecule has 0 heterocycles. The molecule has 1 N–H and O–H groups in total. The molecule has 0 saturated heterocycles. The molecule has 0 unspecified atom stereocenters. The van der Waals surface area contributed by atoms with Crippen LogP contribution in [0.15, 0.2) is 29.8 Å². The number of benzene rings is 1. The Morgan fingerprint density at radius 1 is 1.32 bits per heavy atom. The molecular formula is C19H25ClN2O3. The molecule has 0 atom stereocenters. The van der Waals surface area contributed by atoms with Crippen LogP contribution in [0.5, 0.6) is 5.75 Å². The molecule has 0 fully saturated rings. The Hall–Kier alpha value is -2.01. The number of hydrogen-bond acceptors (Lipinski definition) is 3. The first kappa shape index (κ1) is 19.3. The van der Waals surface area contributed by atoms with Crippen molar-refractivity contribution in [2.24, 2.45) is 0 Å². The fourth-order valence-electron chi connectivity index (χ4n) is 2.90. The third-order valence-electron chi connectivity index (χ3n) is 4.28. The van der Waals surface area contributed by atoms with E-state index in [9.17, 15) is 9.59 Å². The molecule has 1 aliphatic rings. The van der Waals surface area contributed by atoms with Crippen LogP contribution < -0.4 is 15.0 Å². The Balaban J connectivity index is 1.92. The van der Waals surface area contributed by atoms with E-state index in [1.807, 2.05) is 0 Å². The number of amides is 2. The maximum atomic E-state index is 12.2. The second-order valence-electron chi connectivity index (χ2n) is 6.13. The van der Waals surface area contributed by atoms with Crippen LogP contribution in [0.4, 0.5) is 5.69 Å². The zero-order valence-corrected chi connectivity index (χ0v) is 15.6. The number of nitrogens with zero attached hydrogens (tertiary/aromatic N) is 1. The van der Waals surface area contributed by atoms with Crippen molar-refractivity contribution >= 4 is 29.1 Å². The minimum Gasteiger partial charge on any atom is -0.495 e. The Bertz CT molecular complexity index is 658. The van der Waals surface area contributed by atoms with E-state index in [1.54, 1.807) is 18.2 Å². The Kier molecular flexibility index (Phi) is 7.31. The van der Waals surface area contributed by atoms with E-state index < -0.39 is 0 Å². The van der Waals surface area contributed by atoms with Crippen LogP contribution in [0.2, 0.25) is 5.02 Å². The summed E-state index contributed by atoms with van der Waals surface area (Å²) in [7, 11) is 1.53. The molecule has 25 heavy (non-hydrogen) atoms. The Morgan fingerprint density at radius 3 is 2.72 bits per heavy atom. The predicted molar refractivity (Wildman–Crippen MR) is 100 cm³/mol. The quantitative estimate of drug-likeness (QED) is 0.750. The molecule has 2 amide bonds. The van der Waals surface area contributed by atoms with Crippen molar-refractivity contribution in [3.05, 3.63) is 34.9 Å². The number of halogens is 1. The van der Waals surface area contributed by atoms with Crippen molar-refractivity contribution in [2.75, 3.05) is 25.1 Å². The van der Waals surface area contributed by atoms with Gasteiger partial charge < -0.3 is 15.0 Å². The average molecular weight is 365 g/mol. The molecule has 0 aromatic heterocycles. The minimum atomic E-state index is -0.216. The van der Waals surface area contributed by atoms with Crippen LogP contribution >= 0.6 is 11.6 Å². The van der Waals surface area contributed by atoms with Crippen LogP contribution in [-0.2, 0) is 9.59 Å². The summed E-state index contributed by atoms with van der Waals surface area (Å²) in [6.45, 7) is 2.00. The summed E-state index contributed by atoms with van der Waals surface area (Å²) in [6.07, 6.45) is 7.90. The third-order valence-corrected chi connectivity index (χ3v) is 4.58. The SMILES string of the molecule is COc1ccc(N(CC(=O)NCCC2=CCCCC2)C(C)=O)cc1Cl. The van der Waals surface area contributed by atoms with Gasteiger partial charge in [-0.2, -0.15) is 0 Å². The largest absolute Gasteiger partial charge is 0.495 e. The van der Waals surface area contributed by atoms with Crippen molar-refractivity contribution in [1.29, 1.82) is 0 Å². The zero-order chi connectivity index (χ0) is 18.2. The summed E-state index contributed by atoms with van der Waals surface area (Å²) in [5.41, 5.74) is 1.99. The van der Waals surface area contributed by atoms with Gasteiger partial charge in [-0.05, 0) is 50.3 Å². The van der Waals surface area contributed by atoms with Gasteiger partial charge in [-0.15, -0.1) is 0 Å². The lowest BCUT2D eigenvalue weighted by Gasteiger charge is -2.21. The highest BCUT2D eigenvalue weighted by Gasteiger charge is 2.17. The van der Waals surface area contributed by atoms with Crippen molar-refractivity contribution in [2.45, 2.75) is 39.0 Å². The molecule has 136 valence electrons. The predicted octanol–water partition coefficient (Wildman–Crippen LogP) is 3.71. The number of methoxy groups -OCH3 is 1. The van der Waals surface area contributed by atoms with Gasteiger partial charge in [-0.3, -0.25) is 9.59 Å². The average Bonchev–Trinajstić information content (AvgIpc) is 2.60. The molecule has 0 bridgehead atoms. The fourth-order valence-corrected chi connectivity index (χ4v) is 3.15. The summed E-state index contributed by atoms with van der Waals surface area (Å²) in [5, 5.41) is 3.29. The van der Waals surface area contributed by atoms with Crippen LogP contribution in [0.3, 0.4) is 0 Å². The second-order valence-corrected chi connectivity index (χ2v) is 6.54. The molecular weight excluding hydrogens is 340 g/mol. The van der Waals surface area contributed by atoms with E-state index in [0.29, 0.717) is 23.0 Å². The van der Waals surface area contributed by atoms with Gasteiger partial charge in [0.2, 0.25) is 11.8 Å². The molecule has 2 rings (SSSR count). The highest BCUT2D eigenvalue weighted by molar-refractivity contribution is 6.32. The van der Waals surface area contributed by atoms with Crippen molar-refractivity contribution in [3.63, 3.8) is 0 Å². The van der Waals surface area contributed by atoms with Gasteiger partial charge in [-0.25, -0.2) is 0 Å². The van der Waals surface area contributed by atoms with Crippen LogP contribution in [0, 0.1) is 0 Å². The number of allylic oxidation sites excluding steroid dienone is 1. The van der Waals surface area contributed by atoms with E-state index in [1.165, 1.54) is 37.3 Å². The maximum absolute atomic E-state index is 12.2. The summed E-state index contributed by atoms with van der Waals surface area (Å²) in [5.74, 6) is 0.129. The molecule has 0 radical (unpaired) electrons. The zero-order valence-electron chi connectivity index (χ0n) is 14.8. The maximum Gasteiger partial charge on any atom is 0.240 e. The number of hydrogen-bond donors (Lipinski definition) is 1. The Labute approximate surface area is 154 Å². The van der Waals surface area contributed by atoms with Gasteiger partial charge >= 0.3 is 0 Å². The van der Waals surface area contributed by atoms with Gasteiger partial charge in [0, 0.05) is 19.2 Å². The van der Waals surface area contributed by atoms with E-state index in [-0.39, 0.29) is 18.4 Å². The molecule has 1 aromatic rings. The number of rotatable bonds is 7. The van der Waals surface area contributed by atoms with Crippen LogP contribution in [0.1, 0.15) is 39.0 Å². The lowest BCUT2D eigenvalue weighted by atomic mass is 9.97. The number of carbonyl (C=O) groups excluding carboxylic acids is 2. The number of anilines is 1. The van der Waals surface area contributed by atoms with Gasteiger partial charge in [0.1, 0.15) is 12.3 Å². The monoisotopic (exact) mass is 364 g/mol. The number of carbonyl (C=O) groups is 2. The first-order valence-electron chi connectivity index (χ1n) is 8.57. The minimum absolute atomic E-state index is 0.0307. The first-order chi connectivity index (χ1) is 12.0. The van der Waals surface area contributed by atoms with E-state index >= 15 is 0 Å². The van der Waals surface area contributed by atoms with Crippen LogP contribution in [0.25, 0.3) is 0 Å². The van der Waals surface area contributed by atoms with Crippen LogP contribution in [-0.4, -0.2) is 32.0 Å². The summed E-state index contributed by atoms with van der Waals surface area (Å²) >= 11 is 6.11. The standard InChI is InChI=1S/C19H25ClN2O3/c1-14(23)22(16-8-9-18(25-2)17(20)12-16)13-19(24)21-11-10-15-6-4-3-5-7-15/h6,8-9,12H,3-5,7,10-11,13H2,1-2H3,(H,21,24).